The molecule has 0 aliphatic carbocycles. The summed E-state index contributed by atoms with van der Waals surface area (Å²) in [7, 11) is -3.71. The van der Waals surface area contributed by atoms with Gasteiger partial charge in [0.05, 0.1) is 29.5 Å². The highest BCUT2D eigenvalue weighted by Gasteiger charge is 2.14. The highest BCUT2D eigenvalue weighted by molar-refractivity contribution is 7.89. The predicted molar refractivity (Wildman–Crippen MR) is 103 cm³/mol. The number of aromatic amines is 2. The first kappa shape index (κ1) is 19.5. The van der Waals surface area contributed by atoms with Gasteiger partial charge in [-0.1, -0.05) is 6.92 Å². The number of nitrogens with zero attached hydrogens (tertiary/aromatic N) is 3. The van der Waals surface area contributed by atoms with Gasteiger partial charge in [-0.2, -0.15) is 5.10 Å². The van der Waals surface area contributed by atoms with E-state index in [1.165, 1.54) is 25.2 Å². The molecule has 0 atom stereocenters. The van der Waals surface area contributed by atoms with Crippen molar-refractivity contribution in [3.8, 4) is 11.4 Å². The number of hydrogen-bond acceptors (Lipinski definition) is 6. The Balaban J connectivity index is 0.000000197. The molecule has 4 rings (SSSR count). The Morgan fingerprint density at radius 2 is 2.11 bits per heavy atom. The first-order chi connectivity index (χ1) is 13.0. The van der Waals surface area contributed by atoms with Crippen molar-refractivity contribution >= 4 is 21.1 Å². The van der Waals surface area contributed by atoms with Crippen molar-refractivity contribution < 1.29 is 13.2 Å². The maximum Gasteiger partial charge on any atom is 0.239 e. The quantitative estimate of drug-likeness (QED) is 0.614. The van der Waals surface area contributed by atoms with Crippen molar-refractivity contribution in [1.82, 2.24) is 25.1 Å². The SMILES string of the molecule is CCCN1CCOCC1.NS(=O)(=O)c1c[nH]c(-c2[nH]nc3ncccc23)c1. The lowest BCUT2D eigenvalue weighted by Crippen LogP contribution is -2.36. The molecule has 4 N–H and O–H groups in total. The van der Waals surface area contributed by atoms with Crippen LogP contribution in [0, 0.1) is 0 Å². The number of pyridine rings is 1. The molecule has 3 aromatic rings. The minimum Gasteiger partial charge on any atom is -0.379 e. The summed E-state index contributed by atoms with van der Waals surface area (Å²) in [5.74, 6) is 0. The fraction of sp³-hybridized carbons (Fsp3) is 0.412. The largest absolute Gasteiger partial charge is 0.379 e. The van der Waals surface area contributed by atoms with E-state index in [4.69, 9.17) is 9.88 Å². The molecule has 0 amide bonds. The van der Waals surface area contributed by atoms with Crippen molar-refractivity contribution in [1.29, 1.82) is 0 Å². The lowest BCUT2D eigenvalue weighted by atomic mass is 10.2. The molecule has 3 aromatic heterocycles. The van der Waals surface area contributed by atoms with Crippen molar-refractivity contribution in [3.05, 3.63) is 30.6 Å². The Morgan fingerprint density at radius 1 is 1.33 bits per heavy atom. The Bertz CT molecular complexity index is 973. The van der Waals surface area contributed by atoms with E-state index in [9.17, 15) is 8.42 Å². The van der Waals surface area contributed by atoms with Crippen LogP contribution in [0.2, 0.25) is 0 Å². The van der Waals surface area contributed by atoms with Crippen LogP contribution < -0.4 is 5.14 Å². The third-order valence-corrected chi connectivity index (χ3v) is 5.12. The van der Waals surface area contributed by atoms with Crippen LogP contribution in [0.15, 0.2) is 35.5 Å². The molecular formula is C17H24N6O3S. The smallest absolute Gasteiger partial charge is 0.239 e. The minimum absolute atomic E-state index is 0.0316. The number of nitrogens with two attached hydrogens (primary N) is 1. The van der Waals surface area contributed by atoms with Gasteiger partial charge in [0, 0.05) is 30.9 Å². The van der Waals surface area contributed by atoms with Crippen LogP contribution >= 0.6 is 0 Å². The van der Waals surface area contributed by atoms with Crippen molar-refractivity contribution in [2.45, 2.75) is 18.2 Å². The van der Waals surface area contributed by atoms with E-state index in [1.807, 2.05) is 6.07 Å². The highest BCUT2D eigenvalue weighted by atomic mass is 32.2. The third-order valence-electron chi connectivity index (χ3n) is 4.23. The summed E-state index contributed by atoms with van der Waals surface area (Å²) in [6.07, 6.45) is 4.24. The van der Waals surface area contributed by atoms with Gasteiger partial charge in [0.25, 0.3) is 0 Å². The van der Waals surface area contributed by atoms with Gasteiger partial charge in [-0.3, -0.25) is 10.00 Å². The van der Waals surface area contributed by atoms with Gasteiger partial charge in [-0.25, -0.2) is 18.5 Å². The van der Waals surface area contributed by atoms with Gasteiger partial charge in [-0.05, 0) is 31.2 Å². The number of H-pyrrole nitrogens is 2. The molecule has 27 heavy (non-hydrogen) atoms. The van der Waals surface area contributed by atoms with Crippen LogP contribution in [-0.4, -0.2) is 66.3 Å². The van der Waals surface area contributed by atoms with Gasteiger partial charge in [-0.15, -0.1) is 0 Å². The van der Waals surface area contributed by atoms with E-state index in [1.54, 1.807) is 12.3 Å². The second kappa shape index (κ2) is 8.61. The molecular weight excluding hydrogens is 368 g/mol. The van der Waals surface area contributed by atoms with Gasteiger partial charge in [0.2, 0.25) is 10.0 Å². The number of rotatable bonds is 4. The summed E-state index contributed by atoms with van der Waals surface area (Å²) in [6, 6.07) is 5.08. The number of nitrogens with one attached hydrogen (secondary N) is 2. The molecule has 146 valence electrons. The van der Waals surface area contributed by atoms with Gasteiger partial charge >= 0.3 is 0 Å². The maximum absolute atomic E-state index is 11.2. The molecule has 9 nitrogen and oxygen atoms in total. The summed E-state index contributed by atoms with van der Waals surface area (Å²) in [5.41, 5.74) is 1.83. The van der Waals surface area contributed by atoms with Crippen LogP contribution in [0.1, 0.15) is 13.3 Å². The third kappa shape index (κ3) is 4.92. The van der Waals surface area contributed by atoms with Crippen LogP contribution in [0.5, 0.6) is 0 Å². The van der Waals surface area contributed by atoms with Crippen molar-refractivity contribution in [2.24, 2.45) is 5.14 Å². The Kier molecular flexibility index (Phi) is 6.22. The molecule has 10 heteroatoms. The zero-order valence-corrected chi connectivity index (χ0v) is 16.0. The Labute approximate surface area is 158 Å². The average molecular weight is 392 g/mol. The van der Waals surface area contributed by atoms with Crippen LogP contribution in [-0.2, 0) is 14.8 Å². The molecule has 1 aliphatic rings. The molecule has 0 bridgehead atoms. The van der Waals surface area contributed by atoms with E-state index in [0.29, 0.717) is 17.0 Å². The van der Waals surface area contributed by atoms with Crippen molar-refractivity contribution in [2.75, 3.05) is 32.8 Å². The van der Waals surface area contributed by atoms with Crippen LogP contribution in [0.3, 0.4) is 0 Å². The fourth-order valence-electron chi connectivity index (χ4n) is 2.88. The first-order valence-corrected chi connectivity index (χ1v) is 10.3. The maximum atomic E-state index is 11.2. The van der Waals surface area contributed by atoms with E-state index < -0.39 is 10.0 Å². The van der Waals surface area contributed by atoms with E-state index in [-0.39, 0.29) is 4.90 Å². The summed E-state index contributed by atoms with van der Waals surface area (Å²) < 4.78 is 27.6. The molecule has 0 radical (unpaired) electrons. The number of sulfonamides is 1. The van der Waals surface area contributed by atoms with E-state index >= 15 is 0 Å². The second-order valence-electron chi connectivity index (χ2n) is 6.22. The molecule has 0 spiro atoms. The van der Waals surface area contributed by atoms with Gasteiger partial charge in [0.1, 0.15) is 0 Å². The Morgan fingerprint density at radius 3 is 2.78 bits per heavy atom. The highest BCUT2D eigenvalue weighted by Crippen LogP contribution is 2.25. The summed E-state index contributed by atoms with van der Waals surface area (Å²) in [5, 5.41) is 12.7. The molecule has 1 saturated heterocycles. The number of aromatic nitrogens is 4. The number of morpholine rings is 1. The number of fused-ring (bicyclic) bond motifs is 1. The lowest BCUT2D eigenvalue weighted by Gasteiger charge is -2.25. The second-order valence-corrected chi connectivity index (χ2v) is 7.78. The number of ether oxygens (including phenoxy) is 1. The van der Waals surface area contributed by atoms with Crippen molar-refractivity contribution in [3.63, 3.8) is 0 Å². The lowest BCUT2D eigenvalue weighted by molar-refractivity contribution is 0.0380. The topological polar surface area (TPSA) is 130 Å². The summed E-state index contributed by atoms with van der Waals surface area (Å²) in [4.78, 5) is 9.41. The fourth-order valence-corrected chi connectivity index (χ4v) is 3.38. The monoisotopic (exact) mass is 392 g/mol. The van der Waals surface area contributed by atoms with Gasteiger partial charge in [0.15, 0.2) is 5.65 Å². The molecule has 1 fully saturated rings. The average Bonchev–Trinajstić information content (AvgIpc) is 3.30. The number of hydrogen-bond donors (Lipinski definition) is 3. The van der Waals surface area contributed by atoms with Gasteiger partial charge < -0.3 is 9.72 Å². The van der Waals surface area contributed by atoms with E-state index in [0.717, 1.165) is 31.7 Å². The normalized spacial score (nSPS) is 15.5. The zero-order valence-electron chi connectivity index (χ0n) is 15.2. The summed E-state index contributed by atoms with van der Waals surface area (Å²) in [6.45, 7) is 7.58. The zero-order chi connectivity index (χ0) is 19.3. The molecule has 4 heterocycles. The first-order valence-electron chi connectivity index (χ1n) is 8.80. The molecule has 0 aromatic carbocycles. The van der Waals surface area contributed by atoms with Crippen LogP contribution in [0.25, 0.3) is 22.4 Å². The Hall–Kier alpha value is -2.27. The standard InChI is InChI=1S/C10H9N5O2S.C7H15NO/c11-18(16,17)6-4-8(13-5-6)9-7-2-1-3-12-10(7)15-14-9;1-2-3-8-4-6-9-7-5-8/h1-5,13H,(H2,11,16,17)(H,12,14,15);2-7H2,1H3. The summed E-state index contributed by atoms with van der Waals surface area (Å²) >= 11 is 0. The molecule has 0 unspecified atom stereocenters. The minimum atomic E-state index is -3.71. The molecule has 0 saturated carbocycles. The van der Waals surface area contributed by atoms with Crippen LogP contribution in [0.4, 0.5) is 0 Å². The number of primary sulfonamides is 1. The molecule has 1 aliphatic heterocycles. The predicted octanol–water partition coefficient (Wildman–Crippen LogP) is 1.33. The van der Waals surface area contributed by atoms with E-state index in [2.05, 4.69) is 32.0 Å².